The number of benzene rings is 2. The van der Waals surface area contributed by atoms with Crippen LogP contribution in [0.2, 0.25) is 10.0 Å². The predicted molar refractivity (Wildman–Crippen MR) is 84.8 cm³/mol. The van der Waals surface area contributed by atoms with Gasteiger partial charge in [-0.05, 0) is 37.3 Å². The Bertz CT molecular complexity index is 695. The van der Waals surface area contributed by atoms with Gasteiger partial charge >= 0.3 is 0 Å². The number of anilines is 1. The van der Waals surface area contributed by atoms with E-state index in [9.17, 15) is 10.1 Å². The number of hydrogen-bond acceptors (Lipinski definition) is 2. The highest BCUT2D eigenvalue weighted by molar-refractivity contribution is 6.42. The van der Waals surface area contributed by atoms with Crippen molar-refractivity contribution in [3.8, 4) is 6.07 Å². The number of amides is 1. The maximum atomic E-state index is 12.6. The molecule has 1 unspecified atom stereocenters. The Morgan fingerprint density at radius 1 is 1.14 bits per heavy atom. The lowest BCUT2D eigenvalue weighted by molar-refractivity contribution is 0.0983. The molecule has 2 aromatic rings. The van der Waals surface area contributed by atoms with Crippen LogP contribution in [-0.4, -0.2) is 11.9 Å². The van der Waals surface area contributed by atoms with Gasteiger partial charge in [-0.25, -0.2) is 0 Å². The molecule has 0 heterocycles. The molecule has 0 aromatic heterocycles. The van der Waals surface area contributed by atoms with Crippen molar-refractivity contribution in [1.82, 2.24) is 0 Å². The summed E-state index contributed by atoms with van der Waals surface area (Å²) < 4.78 is 0. The molecule has 1 atom stereocenters. The second-order valence-corrected chi connectivity index (χ2v) is 5.26. The van der Waals surface area contributed by atoms with Crippen molar-refractivity contribution < 1.29 is 4.79 Å². The van der Waals surface area contributed by atoms with Crippen molar-refractivity contribution in [3.63, 3.8) is 0 Å². The van der Waals surface area contributed by atoms with Crippen molar-refractivity contribution in [2.45, 2.75) is 13.0 Å². The molecule has 2 rings (SSSR count). The third-order valence-electron chi connectivity index (χ3n) is 3.00. The first-order chi connectivity index (χ1) is 10.0. The van der Waals surface area contributed by atoms with Crippen molar-refractivity contribution in [2.75, 3.05) is 4.90 Å². The molecular formula is C16H12Cl2N2O. The van der Waals surface area contributed by atoms with Crippen LogP contribution >= 0.6 is 23.2 Å². The van der Waals surface area contributed by atoms with Gasteiger partial charge in [0.2, 0.25) is 0 Å². The van der Waals surface area contributed by atoms with Gasteiger partial charge in [-0.3, -0.25) is 9.69 Å². The summed E-state index contributed by atoms with van der Waals surface area (Å²) in [6, 6.07) is 15.1. The van der Waals surface area contributed by atoms with E-state index in [0.717, 1.165) is 0 Å². The Morgan fingerprint density at radius 3 is 2.38 bits per heavy atom. The van der Waals surface area contributed by atoms with Crippen LogP contribution in [0.1, 0.15) is 17.3 Å². The number of halogens is 2. The molecule has 0 bridgehead atoms. The quantitative estimate of drug-likeness (QED) is 0.833. The summed E-state index contributed by atoms with van der Waals surface area (Å²) in [7, 11) is 0. The van der Waals surface area contributed by atoms with Crippen molar-refractivity contribution in [3.05, 3.63) is 64.1 Å². The number of nitriles is 1. The van der Waals surface area contributed by atoms with Gasteiger partial charge in [-0.2, -0.15) is 5.26 Å². The number of carbonyl (C=O) groups is 1. The van der Waals surface area contributed by atoms with Crippen molar-refractivity contribution in [2.24, 2.45) is 0 Å². The summed E-state index contributed by atoms with van der Waals surface area (Å²) in [5.74, 6) is -0.261. The summed E-state index contributed by atoms with van der Waals surface area (Å²) in [5.41, 5.74) is 1.04. The van der Waals surface area contributed by atoms with Gasteiger partial charge in [0.15, 0.2) is 0 Å². The first-order valence-corrected chi connectivity index (χ1v) is 7.03. The standard InChI is InChI=1S/C16H12Cl2N2O/c1-11(10-19)20(13-7-8-14(17)15(18)9-13)16(21)12-5-3-2-4-6-12/h2-9,11H,1H3. The van der Waals surface area contributed by atoms with Gasteiger partial charge in [0.05, 0.1) is 16.1 Å². The number of rotatable bonds is 3. The largest absolute Gasteiger partial charge is 0.292 e. The van der Waals surface area contributed by atoms with Gasteiger partial charge in [-0.15, -0.1) is 0 Å². The molecule has 0 fully saturated rings. The third kappa shape index (κ3) is 3.36. The van der Waals surface area contributed by atoms with E-state index in [1.165, 1.54) is 4.90 Å². The van der Waals surface area contributed by atoms with Crippen LogP contribution in [0.4, 0.5) is 5.69 Å². The first-order valence-electron chi connectivity index (χ1n) is 6.28. The minimum Gasteiger partial charge on any atom is -0.292 e. The highest BCUT2D eigenvalue weighted by Crippen LogP contribution is 2.29. The zero-order valence-corrected chi connectivity index (χ0v) is 12.8. The Hall–Kier alpha value is -2.02. The fourth-order valence-electron chi connectivity index (χ4n) is 1.93. The van der Waals surface area contributed by atoms with E-state index in [4.69, 9.17) is 23.2 Å². The average Bonchev–Trinajstić information content (AvgIpc) is 2.51. The number of nitrogens with zero attached hydrogens (tertiary/aromatic N) is 2. The van der Waals surface area contributed by atoms with Gasteiger partial charge in [0.25, 0.3) is 5.91 Å². The molecule has 0 aliphatic rings. The summed E-state index contributed by atoms with van der Waals surface area (Å²) in [4.78, 5) is 14.0. The van der Waals surface area contributed by atoms with Gasteiger partial charge in [0.1, 0.15) is 6.04 Å². The molecule has 5 heteroatoms. The smallest absolute Gasteiger partial charge is 0.259 e. The molecule has 2 aromatic carbocycles. The van der Waals surface area contributed by atoms with E-state index in [-0.39, 0.29) is 5.91 Å². The van der Waals surface area contributed by atoms with Gasteiger partial charge in [-0.1, -0.05) is 41.4 Å². The fraction of sp³-hybridized carbons (Fsp3) is 0.125. The van der Waals surface area contributed by atoms with Crippen LogP contribution < -0.4 is 4.90 Å². The number of carbonyl (C=O) groups excluding carboxylic acids is 1. The normalized spacial score (nSPS) is 11.5. The van der Waals surface area contributed by atoms with E-state index < -0.39 is 6.04 Å². The molecule has 0 spiro atoms. The lowest BCUT2D eigenvalue weighted by atomic mass is 10.1. The van der Waals surface area contributed by atoms with E-state index in [1.54, 1.807) is 49.4 Å². The second-order valence-electron chi connectivity index (χ2n) is 4.44. The van der Waals surface area contributed by atoms with Crippen LogP contribution in [0, 0.1) is 11.3 Å². The molecule has 106 valence electrons. The van der Waals surface area contributed by atoms with E-state index in [0.29, 0.717) is 21.3 Å². The predicted octanol–water partition coefficient (Wildman–Crippen LogP) is 4.55. The molecule has 1 amide bonds. The molecule has 0 saturated heterocycles. The van der Waals surface area contributed by atoms with Crippen molar-refractivity contribution >= 4 is 34.8 Å². The molecule has 3 nitrogen and oxygen atoms in total. The monoisotopic (exact) mass is 318 g/mol. The number of hydrogen-bond donors (Lipinski definition) is 0. The Kier molecular flexibility index (Phi) is 4.85. The van der Waals surface area contributed by atoms with Crippen molar-refractivity contribution in [1.29, 1.82) is 5.26 Å². The van der Waals surface area contributed by atoms with Crippen LogP contribution in [0.25, 0.3) is 0 Å². The Balaban J connectivity index is 2.46. The minimum atomic E-state index is -0.630. The maximum absolute atomic E-state index is 12.6. The van der Waals surface area contributed by atoms with Crippen LogP contribution in [0.5, 0.6) is 0 Å². The van der Waals surface area contributed by atoms with Crippen LogP contribution in [-0.2, 0) is 0 Å². The summed E-state index contributed by atoms with van der Waals surface area (Å²) >= 11 is 11.9. The lowest BCUT2D eigenvalue weighted by Gasteiger charge is -2.25. The first kappa shape index (κ1) is 15.4. The van der Waals surface area contributed by atoms with Crippen LogP contribution in [0.15, 0.2) is 48.5 Å². The van der Waals surface area contributed by atoms with E-state index >= 15 is 0 Å². The third-order valence-corrected chi connectivity index (χ3v) is 3.73. The zero-order chi connectivity index (χ0) is 15.4. The van der Waals surface area contributed by atoms with E-state index in [2.05, 4.69) is 6.07 Å². The summed E-state index contributed by atoms with van der Waals surface area (Å²) in [6.07, 6.45) is 0. The van der Waals surface area contributed by atoms with Gasteiger partial charge < -0.3 is 0 Å². The molecule has 0 radical (unpaired) electrons. The SMILES string of the molecule is CC(C#N)N(C(=O)c1ccccc1)c1ccc(Cl)c(Cl)c1. The lowest BCUT2D eigenvalue weighted by Crippen LogP contribution is -2.38. The zero-order valence-electron chi connectivity index (χ0n) is 11.3. The molecule has 0 aliphatic heterocycles. The van der Waals surface area contributed by atoms with Gasteiger partial charge in [0, 0.05) is 11.3 Å². The summed E-state index contributed by atoms with van der Waals surface area (Å²) in [6.45, 7) is 1.66. The molecule has 0 N–H and O–H groups in total. The highest BCUT2D eigenvalue weighted by Gasteiger charge is 2.23. The second kappa shape index (κ2) is 6.62. The maximum Gasteiger partial charge on any atom is 0.259 e. The molecule has 21 heavy (non-hydrogen) atoms. The fourth-order valence-corrected chi connectivity index (χ4v) is 2.22. The Morgan fingerprint density at radius 2 is 1.81 bits per heavy atom. The molecule has 0 aliphatic carbocycles. The van der Waals surface area contributed by atoms with Crippen LogP contribution in [0.3, 0.4) is 0 Å². The minimum absolute atomic E-state index is 0.261. The topological polar surface area (TPSA) is 44.1 Å². The highest BCUT2D eigenvalue weighted by atomic mass is 35.5. The molecular weight excluding hydrogens is 307 g/mol. The average molecular weight is 319 g/mol. The Labute approximate surface area is 133 Å². The summed E-state index contributed by atoms with van der Waals surface area (Å²) in [5, 5.41) is 9.92. The molecule has 0 saturated carbocycles. The van der Waals surface area contributed by atoms with E-state index in [1.807, 2.05) is 6.07 Å².